The number of benzene rings is 1. The van der Waals surface area contributed by atoms with Crippen molar-refractivity contribution in [2.45, 2.75) is 38.6 Å². The van der Waals surface area contributed by atoms with Gasteiger partial charge in [-0.15, -0.1) is 0 Å². The van der Waals surface area contributed by atoms with Crippen molar-refractivity contribution < 1.29 is 9.90 Å². The van der Waals surface area contributed by atoms with Crippen LogP contribution in [0.15, 0.2) is 24.3 Å². The molecule has 1 aliphatic carbocycles. The molecule has 1 N–H and O–H groups in total. The lowest BCUT2D eigenvalue weighted by atomic mass is 10.0. The van der Waals surface area contributed by atoms with Crippen molar-refractivity contribution in [3.05, 3.63) is 29.8 Å². The Labute approximate surface area is 108 Å². The standard InChI is InChI=1S/C15H21NO2/c1-16(11-13-6-8-14(17)9-7-13)15(18)10-12-4-2-3-5-12/h6-9,12,17H,2-5,10-11H2,1H3. The van der Waals surface area contributed by atoms with Gasteiger partial charge in [0.05, 0.1) is 0 Å². The molecule has 1 amide bonds. The molecule has 0 aromatic heterocycles. The Balaban J connectivity index is 1.84. The van der Waals surface area contributed by atoms with Crippen molar-refractivity contribution in [3.63, 3.8) is 0 Å². The maximum atomic E-state index is 12.0. The molecule has 0 heterocycles. The Kier molecular flexibility index (Phi) is 4.24. The van der Waals surface area contributed by atoms with E-state index < -0.39 is 0 Å². The van der Waals surface area contributed by atoms with Gasteiger partial charge in [-0.25, -0.2) is 0 Å². The third-order valence-electron chi connectivity index (χ3n) is 3.72. The monoisotopic (exact) mass is 247 g/mol. The molecular formula is C15H21NO2. The van der Waals surface area contributed by atoms with Crippen LogP contribution in [0.4, 0.5) is 0 Å². The average Bonchev–Trinajstić information content (AvgIpc) is 2.85. The zero-order valence-electron chi connectivity index (χ0n) is 10.9. The van der Waals surface area contributed by atoms with Crippen molar-refractivity contribution in [2.75, 3.05) is 7.05 Å². The largest absolute Gasteiger partial charge is 0.508 e. The molecule has 18 heavy (non-hydrogen) atoms. The van der Waals surface area contributed by atoms with Crippen LogP contribution in [0, 0.1) is 5.92 Å². The molecule has 1 aromatic carbocycles. The van der Waals surface area contributed by atoms with Gasteiger partial charge in [0.25, 0.3) is 0 Å². The van der Waals surface area contributed by atoms with Crippen molar-refractivity contribution in [1.82, 2.24) is 4.90 Å². The summed E-state index contributed by atoms with van der Waals surface area (Å²) in [6.45, 7) is 0.617. The molecule has 98 valence electrons. The predicted octanol–water partition coefficient (Wildman–Crippen LogP) is 2.93. The number of aromatic hydroxyl groups is 1. The second-order valence-corrected chi connectivity index (χ2v) is 5.27. The third kappa shape index (κ3) is 3.49. The van der Waals surface area contributed by atoms with Crippen LogP contribution >= 0.6 is 0 Å². The first-order valence-corrected chi connectivity index (χ1v) is 6.67. The first-order chi connectivity index (χ1) is 8.65. The molecule has 0 unspecified atom stereocenters. The molecule has 0 atom stereocenters. The summed E-state index contributed by atoms with van der Waals surface area (Å²) in [5.41, 5.74) is 1.05. The van der Waals surface area contributed by atoms with Gasteiger partial charge < -0.3 is 10.0 Å². The van der Waals surface area contributed by atoms with Gasteiger partial charge in [-0.05, 0) is 36.5 Å². The fourth-order valence-electron chi connectivity index (χ4n) is 2.58. The van der Waals surface area contributed by atoms with Crippen LogP contribution in [0.1, 0.15) is 37.7 Å². The van der Waals surface area contributed by atoms with Crippen LogP contribution in [0.25, 0.3) is 0 Å². The highest BCUT2D eigenvalue weighted by Crippen LogP contribution is 2.28. The molecule has 0 spiro atoms. The minimum Gasteiger partial charge on any atom is -0.508 e. The Bertz CT molecular complexity index is 393. The van der Waals surface area contributed by atoms with Crippen LogP contribution in [-0.2, 0) is 11.3 Å². The Hall–Kier alpha value is -1.51. The molecule has 1 aromatic rings. The number of carbonyl (C=O) groups is 1. The zero-order valence-corrected chi connectivity index (χ0v) is 10.9. The van der Waals surface area contributed by atoms with E-state index in [2.05, 4.69) is 0 Å². The fraction of sp³-hybridized carbons (Fsp3) is 0.533. The highest BCUT2D eigenvalue weighted by atomic mass is 16.3. The van der Waals surface area contributed by atoms with Gasteiger partial charge in [0.15, 0.2) is 0 Å². The van der Waals surface area contributed by atoms with Gasteiger partial charge in [0.2, 0.25) is 5.91 Å². The van der Waals surface area contributed by atoms with Crippen LogP contribution in [0.3, 0.4) is 0 Å². The SMILES string of the molecule is CN(Cc1ccc(O)cc1)C(=O)CC1CCCC1. The van der Waals surface area contributed by atoms with E-state index >= 15 is 0 Å². The van der Waals surface area contributed by atoms with Crippen LogP contribution in [-0.4, -0.2) is 23.0 Å². The van der Waals surface area contributed by atoms with Gasteiger partial charge in [-0.1, -0.05) is 25.0 Å². The van der Waals surface area contributed by atoms with E-state index in [0.717, 1.165) is 5.56 Å². The van der Waals surface area contributed by atoms with E-state index in [4.69, 9.17) is 0 Å². The summed E-state index contributed by atoms with van der Waals surface area (Å²) in [4.78, 5) is 13.8. The van der Waals surface area contributed by atoms with E-state index in [0.29, 0.717) is 18.9 Å². The molecular weight excluding hydrogens is 226 g/mol. The summed E-state index contributed by atoms with van der Waals surface area (Å²) in [6.07, 6.45) is 5.66. The molecule has 3 nitrogen and oxygen atoms in total. The fourth-order valence-corrected chi connectivity index (χ4v) is 2.58. The number of hydrogen-bond acceptors (Lipinski definition) is 2. The molecule has 0 bridgehead atoms. The van der Waals surface area contributed by atoms with Gasteiger partial charge >= 0.3 is 0 Å². The van der Waals surface area contributed by atoms with Crippen LogP contribution in [0.5, 0.6) is 5.75 Å². The maximum Gasteiger partial charge on any atom is 0.222 e. The molecule has 2 rings (SSSR count). The molecule has 1 saturated carbocycles. The minimum absolute atomic E-state index is 0.231. The number of carbonyl (C=O) groups excluding carboxylic acids is 1. The number of nitrogens with zero attached hydrogens (tertiary/aromatic N) is 1. The van der Waals surface area contributed by atoms with Crippen molar-refractivity contribution >= 4 is 5.91 Å². The number of amides is 1. The second kappa shape index (κ2) is 5.89. The van der Waals surface area contributed by atoms with Crippen LogP contribution in [0.2, 0.25) is 0 Å². The zero-order chi connectivity index (χ0) is 13.0. The van der Waals surface area contributed by atoms with Crippen molar-refractivity contribution in [2.24, 2.45) is 5.92 Å². The number of phenols is 1. The summed E-state index contributed by atoms with van der Waals surface area (Å²) in [7, 11) is 1.85. The summed E-state index contributed by atoms with van der Waals surface area (Å²) in [5.74, 6) is 1.09. The molecule has 1 aliphatic rings. The smallest absolute Gasteiger partial charge is 0.222 e. The molecule has 0 radical (unpaired) electrons. The van der Waals surface area contributed by atoms with Gasteiger partial charge in [0, 0.05) is 20.0 Å². The second-order valence-electron chi connectivity index (χ2n) is 5.27. The highest BCUT2D eigenvalue weighted by Gasteiger charge is 2.20. The molecule has 1 fully saturated rings. The quantitative estimate of drug-likeness (QED) is 0.888. The summed E-state index contributed by atoms with van der Waals surface area (Å²) >= 11 is 0. The molecule has 0 aliphatic heterocycles. The highest BCUT2D eigenvalue weighted by molar-refractivity contribution is 5.76. The van der Waals surface area contributed by atoms with E-state index in [1.165, 1.54) is 25.7 Å². The molecule has 3 heteroatoms. The third-order valence-corrected chi connectivity index (χ3v) is 3.72. The first kappa shape index (κ1) is 12.9. The van der Waals surface area contributed by atoms with Crippen LogP contribution < -0.4 is 0 Å². The Morgan fingerprint density at radius 2 is 1.89 bits per heavy atom. The topological polar surface area (TPSA) is 40.5 Å². The van der Waals surface area contributed by atoms with E-state index in [-0.39, 0.29) is 11.7 Å². The van der Waals surface area contributed by atoms with Gasteiger partial charge in [-0.3, -0.25) is 4.79 Å². The van der Waals surface area contributed by atoms with E-state index in [1.54, 1.807) is 17.0 Å². The predicted molar refractivity (Wildman–Crippen MR) is 71.2 cm³/mol. The Morgan fingerprint density at radius 1 is 1.28 bits per heavy atom. The lowest BCUT2D eigenvalue weighted by Crippen LogP contribution is -2.27. The van der Waals surface area contributed by atoms with E-state index in [1.807, 2.05) is 19.2 Å². The summed E-state index contributed by atoms with van der Waals surface area (Å²) < 4.78 is 0. The van der Waals surface area contributed by atoms with Gasteiger partial charge in [-0.2, -0.15) is 0 Å². The molecule has 0 saturated heterocycles. The van der Waals surface area contributed by atoms with Crippen molar-refractivity contribution in [3.8, 4) is 5.75 Å². The van der Waals surface area contributed by atoms with Crippen molar-refractivity contribution in [1.29, 1.82) is 0 Å². The number of hydrogen-bond donors (Lipinski definition) is 1. The maximum absolute atomic E-state index is 12.0. The Morgan fingerprint density at radius 3 is 2.50 bits per heavy atom. The van der Waals surface area contributed by atoms with E-state index in [9.17, 15) is 9.90 Å². The lowest BCUT2D eigenvalue weighted by Gasteiger charge is -2.19. The first-order valence-electron chi connectivity index (χ1n) is 6.67. The summed E-state index contributed by atoms with van der Waals surface area (Å²) in [6, 6.07) is 7.03. The number of rotatable bonds is 4. The lowest BCUT2D eigenvalue weighted by molar-refractivity contribution is -0.131. The average molecular weight is 247 g/mol. The minimum atomic E-state index is 0.231. The summed E-state index contributed by atoms with van der Waals surface area (Å²) in [5, 5.41) is 9.21. The normalized spacial score (nSPS) is 15.8. The van der Waals surface area contributed by atoms with Gasteiger partial charge in [0.1, 0.15) is 5.75 Å². The number of phenolic OH excluding ortho intramolecular Hbond substituents is 1.